The van der Waals surface area contributed by atoms with Crippen LogP contribution >= 0.6 is 11.6 Å². The van der Waals surface area contributed by atoms with Crippen LogP contribution in [0, 0.1) is 5.92 Å². The van der Waals surface area contributed by atoms with Gasteiger partial charge in [0.25, 0.3) is 5.91 Å². The Balaban J connectivity index is 0.639. The molecule has 2 aromatic carbocycles. The van der Waals surface area contributed by atoms with E-state index in [1.54, 1.807) is 24.4 Å². The van der Waals surface area contributed by atoms with Crippen LogP contribution in [0.1, 0.15) is 84.1 Å². The van der Waals surface area contributed by atoms with Crippen LogP contribution in [-0.2, 0) is 61.8 Å². The molecule has 8 rings (SSSR count). The molecule has 0 bridgehead atoms. The standard InChI is InChI=1S/C47H57ClN10O8/c1-57-39(21-29-5-6-29)35(23-53-57)44-37(48)24-52-47(56-44)54-33-13-11-32(12-14-33)50-25-42(60)49-17-18-64-19-20-65-28-43(61)51-22-30-7-9-31(10-8-30)27-66-40-4-2-3-34-36(40)26-58(46(34)63)38-15-16-41(59)55-45(38)62/h2-4,7-10,23-24,29,32-33,38,50H,5-6,11-22,25-28H2,1H3,(H,49,60)(H,51,61)(H,52,54,56)(H,55,59,62). The van der Waals surface area contributed by atoms with Crippen LogP contribution in [-0.4, -0.2) is 112 Å². The smallest absolute Gasteiger partial charge is 0.255 e. The molecule has 4 aromatic rings. The summed E-state index contributed by atoms with van der Waals surface area (Å²) in [6.07, 6.45) is 11.2. The Kier molecular flexibility index (Phi) is 15.5. The van der Waals surface area contributed by atoms with Crippen LogP contribution in [0.15, 0.2) is 54.9 Å². The summed E-state index contributed by atoms with van der Waals surface area (Å²) >= 11 is 6.56. The predicted octanol–water partition coefficient (Wildman–Crippen LogP) is 3.60. The first-order valence-corrected chi connectivity index (χ1v) is 23.2. The van der Waals surface area contributed by atoms with Gasteiger partial charge in [0.2, 0.25) is 29.6 Å². The Labute approximate surface area is 388 Å². The van der Waals surface area contributed by atoms with Gasteiger partial charge in [-0.2, -0.15) is 5.10 Å². The van der Waals surface area contributed by atoms with Gasteiger partial charge in [0.15, 0.2) is 0 Å². The Morgan fingerprint density at radius 1 is 0.864 bits per heavy atom. The molecule has 4 heterocycles. The number of fused-ring (bicyclic) bond motifs is 1. The topological polar surface area (TPSA) is 220 Å². The summed E-state index contributed by atoms with van der Waals surface area (Å²) < 4.78 is 19.0. The number of rotatable bonds is 22. The van der Waals surface area contributed by atoms with Gasteiger partial charge in [0.05, 0.1) is 56.0 Å². The van der Waals surface area contributed by atoms with Gasteiger partial charge in [-0.15, -0.1) is 0 Å². The maximum Gasteiger partial charge on any atom is 0.255 e. The monoisotopic (exact) mass is 924 g/mol. The maximum absolute atomic E-state index is 13.1. The third-order valence-corrected chi connectivity index (χ3v) is 12.7. The maximum atomic E-state index is 13.1. The molecule has 3 fully saturated rings. The second-order valence-electron chi connectivity index (χ2n) is 17.3. The van der Waals surface area contributed by atoms with E-state index < -0.39 is 11.9 Å². The lowest BCUT2D eigenvalue weighted by Crippen LogP contribution is -2.52. The molecule has 1 atom stereocenters. The highest BCUT2D eigenvalue weighted by Gasteiger charge is 2.40. The van der Waals surface area contributed by atoms with Crippen LogP contribution in [0.5, 0.6) is 5.75 Å². The number of anilines is 1. The van der Waals surface area contributed by atoms with Crippen molar-refractivity contribution >= 4 is 47.1 Å². The van der Waals surface area contributed by atoms with E-state index in [0.717, 1.165) is 54.5 Å². The number of ether oxygens (including phenoxy) is 3. The van der Waals surface area contributed by atoms with E-state index in [-0.39, 0.29) is 81.7 Å². The molecule has 5 N–H and O–H groups in total. The number of benzene rings is 2. The number of carbonyl (C=O) groups excluding carboxylic acids is 5. The molecule has 2 saturated carbocycles. The van der Waals surface area contributed by atoms with Crippen molar-refractivity contribution < 1.29 is 38.2 Å². The average Bonchev–Trinajstić information content (AvgIpc) is 3.99. The van der Waals surface area contributed by atoms with Crippen LogP contribution in [0.3, 0.4) is 0 Å². The van der Waals surface area contributed by atoms with Crippen LogP contribution in [0.2, 0.25) is 5.02 Å². The number of halogens is 1. The third kappa shape index (κ3) is 12.3. The fourth-order valence-electron chi connectivity index (χ4n) is 8.55. The predicted molar refractivity (Wildman–Crippen MR) is 243 cm³/mol. The zero-order valence-electron chi connectivity index (χ0n) is 37.1. The summed E-state index contributed by atoms with van der Waals surface area (Å²) in [7, 11) is 1.96. The molecule has 2 aromatic heterocycles. The first kappa shape index (κ1) is 46.6. The summed E-state index contributed by atoms with van der Waals surface area (Å²) in [6, 6.07) is 12.7. The van der Waals surface area contributed by atoms with Crippen molar-refractivity contribution in [2.45, 2.75) is 95.6 Å². The lowest BCUT2D eigenvalue weighted by Gasteiger charge is -2.29. The van der Waals surface area contributed by atoms with Crippen LogP contribution in [0.25, 0.3) is 11.3 Å². The molecule has 19 heteroatoms. The number of nitrogens with zero attached hydrogens (tertiary/aromatic N) is 5. The second-order valence-corrected chi connectivity index (χ2v) is 17.7. The van der Waals surface area contributed by atoms with Gasteiger partial charge in [-0.25, -0.2) is 9.97 Å². The SMILES string of the molecule is Cn1ncc(-c2nc(NC3CCC(NCC(=O)NCCOCCOCC(=O)NCc4ccc(COc5cccc6c5CN(C5CCC(=O)NC5=O)C6=O)cc4)CC3)ncc2Cl)c1CC1CC1. The number of amides is 5. The lowest BCUT2D eigenvalue weighted by molar-refractivity contribution is -0.137. The van der Waals surface area contributed by atoms with Crippen LogP contribution in [0.4, 0.5) is 5.95 Å². The summed E-state index contributed by atoms with van der Waals surface area (Å²) in [5, 5.41) is 19.9. The Morgan fingerprint density at radius 3 is 2.42 bits per heavy atom. The van der Waals surface area contributed by atoms with Gasteiger partial charge < -0.3 is 40.4 Å². The Bertz CT molecular complexity index is 2380. The minimum atomic E-state index is -0.693. The summed E-state index contributed by atoms with van der Waals surface area (Å²) in [6.45, 7) is 2.15. The summed E-state index contributed by atoms with van der Waals surface area (Å²) in [5.74, 6) is 0.448. The van der Waals surface area contributed by atoms with E-state index in [2.05, 4.69) is 36.7 Å². The second kappa shape index (κ2) is 22.0. The van der Waals surface area contributed by atoms with Gasteiger partial charge in [0, 0.05) is 61.0 Å². The number of piperidine rings is 1. The number of aryl methyl sites for hydroxylation is 1. The molecule has 0 spiro atoms. The molecule has 5 amide bonds. The minimum Gasteiger partial charge on any atom is -0.489 e. The van der Waals surface area contributed by atoms with Crippen molar-refractivity contribution in [3.8, 4) is 17.0 Å². The van der Waals surface area contributed by atoms with Crippen molar-refractivity contribution in [1.82, 2.24) is 45.9 Å². The highest BCUT2D eigenvalue weighted by Crippen LogP contribution is 2.37. The average molecular weight is 925 g/mol. The van der Waals surface area contributed by atoms with E-state index in [1.807, 2.05) is 42.2 Å². The quantitative estimate of drug-likeness (QED) is 0.0563. The molecule has 350 valence electrons. The van der Waals surface area contributed by atoms with E-state index in [4.69, 9.17) is 30.8 Å². The number of carbonyl (C=O) groups is 5. The van der Waals surface area contributed by atoms with Crippen molar-refractivity contribution in [1.29, 1.82) is 0 Å². The van der Waals surface area contributed by atoms with Crippen molar-refractivity contribution in [2.75, 3.05) is 44.8 Å². The summed E-state index contributed by atoms with van der Waals surface area (Å²) in [5.41, 5.74) is 5.83. The van der Waals surface area contributed by atoms with E-state index in [0.29, 0.717) is 65.6 Å². The van der Waals surface area contributed by atoms with Gasteiger partial charge >= 0.3 is 0 Å². The van der Waals surface area contributed by atoms with E-state index >= 15 is 0 Å². The number of nitrogens with one attached hydrogen (secondary N) is 5. The molecular formula is C47H57ClN10O8. The van der Waals surface area contributed by atoms with E-state index in [9.17, 15) is 24.0 Å². The molecule has 2 aliphatic heterocycles. The van der Waals surface area contributed by atoms with Gasteiger partial charge in [-0.05, 0) is 80.5 Å². The number of aromatic nitrogens is 4. The number of hydrogen-bond donors (Lipinski definition) is 5. The third-order valence-electron chi connectivity index (χ3n) is 12.5. The highest BCUT2D eigenvalue weighted by atomic mass is 35.5. The van der Waals surface area contributed by atoms with Crippen LogP contribution < -0.4 is 31.3 Å². The lowest BCUT2D eigenvalue weighted by atomic mass is 9.91. The fourth-order valence-corrected chi connectivity index (χ4v) is 8.75. The van der Waals surface area contributed by atoms with Gasteiger partial charge in [-0.1, -0.05) is 41.9 Å². The molecular weight excluding hydrogens is 868 g/mol. The van der Waals surface area contributed by atoms with Crippen molar-refractivity contribution in [3.63, 3.8) is 0 Å². The fraction of sp³-hybridized carbons (Fsp3) is 0.489. The normalized spacial score (nSPS) is 19.3. The first-order valence-electron chi connectivity index (χ1n) is 22.8. The number of hydrogen-bond acceptors (Lipinski definition) is 13. The van der Waals surface area contributed by atoms with E-state index in [1.165, 1.54) is 17.7 Å². The van der Waals surface area contributed by atoms with Crippen molar-refractivity contribution in [2.24, 2.45) is 13.0 Å². The Hall–Kier alpha value is -5.95. The zero-order valence-corrected chi connectivity index (χ0v) is 37.9. The molecule has 18 nitrogen and oxygen atoms in total. The summed E-state index contributed by atoms with van der Waals surface area (Å²) in [4.78, 5) is 72.7. The zero-order chi connectivity index (χ0) is 46.0. The minimum absolute atomic E-state index is 0.0938. The van der Waals surface area contributed by atoms with Gasteiger partial charge in [0.1, 0.15) is 25.0 Å². The molecule has 1 saturated heterocycles. The number of imide groups is 1. The van der Waals surface area contributed by atoms with Crippen molar-refractivity contribution in [3.05, 3.63) is 87.8 Å². The molecule has 66 heavy (non-hydrogen) atoms. The highest BCUT2D eigenvalue weighted by molar-refractivity contribution is 6.33. The molecule has 2 aliphatic carbocycles. The molecule has 0 radical (unpaired) electrons. The molecule has 4 aliphatic rings. The first-order chi connectivity index (χ1) is 32.1. The Morgan fingerprint density at radius 2 is 1.64 bits per heavy atom. The molecule has 1 unspecified atom stereocenters. The largest absolute Gasteiger partial charge is 0.489 e. The van der Waals surface area contributed by atoms with Gasteiger partial charge in [-0.3, -0.25) is 34.0 Å².